The number of carbonyl (C=O) groups is 1. The van der Waals surface area contributed by atoms with Gasteiger partial charge in [0.15, 0.2) is 0 Å². The highest BCUT2D eigenvalue weighted by Crippen LogP contribution is 2.23. The van der Waals surface area contributed by atoms with E-state index in [0.29, 0.717) is 11.3 Å². The maximum atomic E-state index is 11.7. The summed E-state index contributed by atoms with van der Waals surface area (Å²) in [5.41, 5.74) is 0.606. The Kier molecular flexibility index (Phi) is 3.52. The lowest BCUT2D eigenvalue weighted by molar-refractivity contribution is 0.0826. The molecular formula is C10H12BrNO2. The van der Waals surface area contributed by atoms with Gasteiger partial charge in [0.2, 0.25) is 0 Å². The van der Waals surface area contributed by atoms with Gasteiger partial charge in [-0.2, -0.15) is 0 Å². The Morgan fingerprint density at radius 3 is 2.57 bits per heavy atom. The van der Waals surface area contributed by atoms with Crippen molar-refractivity contribution in [3.63, 3.8) is 0 Å². The number of hydrogen-bond donors (Lipinski definition) is 0. The molecule has 0 aliphatic rings. The van der Waals surface area contributed by atoms with E-state index >= 15 is 0 Å². The standard InChI is InChI=1S/C10H12BrNO2/c1-12(2)10(13)8-6-7(14-3)4-5-9(8)11/h4-6H,1-3H3. The molecule has 0 saturated heterocycles. The first-order valence-electron chi connectivity index (χ1n) is 4.11. The van der Waals surface area contributed by atoms with Gasteiger partial charge < -0.3 is 9.64 Å². The summed E-state index contributed by atoms with van der Waals surface area (Å²) in [4.78, 5) is 13.2. The van der Waals surface area contributed by atoms with Gasteiger partial charge in [-0.05, 0) is 34.1 Å². The highest BCUT2D eigenvalue weighted by Gasteiger charge is 2.12. The summed E-state index contributed by atoms with van der Waals surface area (Å²) in [6.07, 6.45) is 0. The molecule has 14 heavy (non-hydrogen) atoms. The molecule has 0 aromatic heterocycles. The fraction of sp³-hybridized carbons (Fsp3) is 0.300. The molecule has 0 spiro atoms. The molecule has 0 fully saturated rings. The second-order valence-electron chi connectivity index (χ2n) is 3.05. The van der Waals surface area contributed by atoms with Crippen LogP contribution < -0.4 is 4.74 Å². The van der Waals surface area contributed by atoms with Crippen LogP contribution in [0.2, 0.25) is 0 Å². The normalized spacial score (nSPS) is 9.71. The molecule has 0 aliphatic heterocycles. The SMILES string of the molecule is COc1ccc(Br)c(C(=O)N(C)C)c1. The Bertz CT molecular complexity index is 350. The van der Waals surface area contributed by atoms with Crippen LogP contribution in [0.4, 0.5) is 0 Å². The van der Waals surface area contributed by atoms with Crippen LogP contribution in [-0.2, 0) is 0 Å². The van der Waals surface area contributed by atoms with Crippen molar-refractivity contribution in [2.24, 2.45) is 0 Å². The Morgan fingerprint density at radius 2 is 2.07 bits per heavy atom. The number of hydrogen-bond acceptors (Lipinski definition) is 2. The van der Waals surface area contributed by atoms with E-state index in [-0.39, 0.29) is 5.91 Å². The number of carbonyl (C=O) groups excluding carboxylic acids is 1. The summed E-state index contributed by atoms with van der Waals surface area (Å²) in [6, 6.07) is 5.32. The summed E-state index contributed by atoms with van der Waals surface area (Å²) in [7, 11) is 5.01. The molecule has 4 heteroatoms. The molecular weight excluding hydrogens is 246 g/mol. The fourth-order valence-corrected chi connectivity index (χ4v) is 1.45. The van der Waals surface area contributed by atoms with Crippen LogP contribution in [0.1, 0.15) is 10.4 Å². The summed E-state index contributed by atoms with van der Waals surface area (Å²) in [6.45, 7) is 0. The van der Waals surface area contributed by atoms with E-state index in [9.17, 15) is 4.79 Å². The Hall–Kier alpha value is -1.03. The van der Waals surface area contributed by atoms with E-state index in [4.69, 9.17) is 4.74 Å². The first-order chi connectivity index (χ1) is 6.56. The number of nitrogens with zero attached hydrogens (tertiary/aromatic N) is 1. The average molecular weight is 258 g/mol. The van der Waals surface area contributed by atoms with Gasteiger partial charge in [-0.25, -0.2) is 0 Å². The molecule has 0 unspecified atom stereocenters. The summed E-state index contributed by atoms with van der Waals surface area (Å²) >= 11 is 3.33. The van der Waals surface area contributed by atoms with Crippen LogP contribution in [0.15, 0.2) is 22.7 Å². The van der Waals surface area contributed by atoms with Crippen molar-refractivity contribution in [3.05, 3.63) is 28.2 Å². The van der Waals surface area contributed by atoms with Crippen molar-refractivity contribution < 1.29 is 9.53 Å². The minimum absolute atomic E-state index is 0.0456. The molecule has 76 valence electrons. The van der Waals surface area contributed by atoms with Crippen LogP contribution in [0.3, 0.4) is 0 Å². The molecule has 0 bridgehead atoms. The number of methoxy groups -OCH3 is 1. The third-order valence-electron chi connectivity index (χ3n) is 1.81. The molecule has 0 saturated carbocycles. The van der Waals surface area contributed by atoms with E-state index < -0.39 is 0 Å². The molecule has 1 amide bonds. The maximum Gasteiger partial charge on any atom is 0.254 e. The van der Waals surface area contributed by atoms with Crippen molar-refractivity contribution in [2.45, 2.75) is 0 Å². The predicted octanol–water partition coefficient (Wildman–Crippen LogP) is 2.16. The van der Waals surface area contributed by atoms with Gasteiger partial charge in [-0.3, -0.25) is 4.79 Å². The molecule has 0 atom stereocenters. The lowest BCUT2D eigenvalue weighted by Crippen LogP contribution is -2.22. The van der Waals surface area contributed by atoms with E-state index in [1.54, 1.807) is 39.4 Å². The quantitative estimate of drug-likeness (QED) is 0.813. The topological polar surface area (TPSA) is 29.5 Å². The number of ether oxygens (including phenoxy) is 1. The number of rotatable bonds is 2. The maximum absolute atomic E-state index is 11.7. The van der Waals surface area contributed by atoms with E-state index in [2.05, 4.69) is 15.9 Å². The van der Waals surface area contributed by atoms with Crippen molar-refractivity contribution in [2.75, 3.05) is 21.2 Å². The highest BCUT2D eigenvalue weighted by molar-refractivity contribution is 9.10. The zero-order valence-corrected chi connectivity index (χ0v) is 9.96. The number of benzene rings is 1. The van der Waals surface area contributed by atoms with Crippen LogP contribution in [0.5, 0.6) is 5.75 Å². The zero-order valence-electron chi connectivity index (χ0n) is 8.37. The number of halogens is 1. The average Bonchev–Trinajstić information content (AvgIpc) is 2.17. The van der Waals surface area contributed by atoms with E-state index in [1.807, 2.05) is 0 Å². The molecule has 1 aromatic carbocycles. The summed E-state index contributed by atoms with van der Waals surface area (Å²) < 4.78 is 5.82. The van der Waals surface area contributed by atoms with Crippen LogP contribution in [0, 0.1) is 0 Å². The second-order valence-corrected chi connectivity index (χ2v) is 3.90. The highest BCUT2D eigenvalue weighted by atomic mass is 79.9. The fourth-order valence-electron chi connectivity index (χ4n) is 1.04. The lowest BCUT2D eigenvalue weighted by Gasteiger charge is -2.12. The number of amides is 1. The van der Waals surface area contributed by atoms with Gasteiger partial charge >= 0.3 is 0 Å². The van der Waals surface area contributed by atoms with Crippen LogP contribution in [0.25, 0.3) is 0 Å². The minimum atomic E-state index is -0.0456. The minimum Gasteiger partial charge on any atom is -0.497 e. The van der Waals surface area contributed by atoms with Gasteiger partial charge in [0, 0.05) is 18.6 Å². The van der Waals surface area contributed by atoms with Gasteiger partial charge in [0.25, 0.3) is 5.91 Å². The van der Waals surface area contributed by atoms with E-state index in [1.165, 1.54) is 4.90 Å². The van der Waals surface area contributed by atoms with Crippen molar-refractivity contribution in [1.82, 2.24) is 4.90 Å². The van der Waals surface area contributed by atoms with Crippen molar-refractivity contribution in [1.29, 1.82) is 0 Å². The van der Waals surface area contributed by atoms with Crippen molar-refractivity contribution in [3.8, 4) is 5.75 Å². The Labute approximate surface area is 91.8 Å². The molecule has 0 N–H and O–H groups in total. The smallest absolute Gasteiger partial charge is 0.254 e. The largest absolute Gasteiger partial charge is 0.497 e. The molecule has 3 nitrogen and oxygen atoms in total. The van der Waals surface area contributed by atoms with Gasteiger partial charge in [-0.15, -0.1) is 0 Å². The predicted molar refractivity (Wildman–Crippen MR) is 58.7 cm³/mol. The molecule has 0 heterocycles. The summed E-state index contributed by atoms with van der Waals surface area (Å²) in [5.74, 6) is 0.633. The molecule has 0 radical (unpaired) electrons. The van der Waals surface area contributed by atoms with Gasteiger partial charge in [0.1, 0.15) is 5.75 Å². The second kappa shape index (κ2) is 4.46. The summed E-state index contributed by atoms with van der Waals surface area (Å²) in [5, 5.41) is 0. The third-order valence-corrected chi connectivity index (χ3v) is 2.50. The van der Waals surface area contributed by atoms with Crippen molar-refractivity contribution >= 4 is 21.8 Å². The van der Waals surface area contributed by atoms with Gasteiger partial charge in [-0.1, -0.05) is 0 Å². The van der Waals surface area contributed by atoms with Gasteiger partial charge in [0.05, 0.1) is 12.7 Å². The van der Waals surface area contributed by atoms with Crippen LogP contribution >= 0.6 is 15.9 Å². The first kappa shape index (κ1) is 11.0. The van der Waals surface area contributed by atoms with E-state index in [0.717, 1.165) is 4.47 Å². The monoisotopic (exact) mass is 257 g/mol. The lowest BCUT2D eigenvalue weighted by atomic mass is 10.2. The molecule has 1 rings (SSSR count). The Balaban J connectivity index is 3.12. The Morgan fingerprint density at radius 1 is 1.43 bits per heavy atom. The third kappa shape index (κ3) is 2.26. The van der Waals surface area contributed by atoms with Crippen LogP contribution in [-0.4, -0.2) is 32.0 Å². The first-order valence-corrected chi connectivity index (χ1v) is 4.90. The molecule has 0 aliphatic carbocycles. The molecule has 1 aromatic rings. The zero-order chi connectivity index (χ0) is 10.7.